The third kappa shape index (κ3) is 2.85. The van der Waals surface area contributed by atoms with Crippen molar-refractivity contribution in [1.29, 1.82) is 5.26 Å². The van der Waals surface area contributed by atoms with E-state index in [9.17, 15) is 5.26 Å². The van der Waals surface area contributed by atoms with Crippen molar-refractivity contribution in [3.63, 3.8) is 0 Å². The summed E-state index contributed by atoms with van der Waals surface area (Å²) in [6.45, 7) is 1.92. The number of rotatable bonds is 5. The highest BCUT2D eigenvalue weighted by molar-refractivity contribution is 8.00. The number of aryl methyl sites for hydroxylation is 1. The smallest absolute Gasteiger partial charge is 0.170 e. The summed E-state index contributed by atoms with van der Waals surface area (Å²) in [6, 6.07) is 2.48. The summed E-state index contributed by atoms with van der Waals surface area (Å²) in [5, 5.41) is 12.6. The van der Waals surface area contributed by atoms with Gasteiger partial charge in [-0.05, 0) is 50.7 Å². The van der Waals surface area contributed by atoms with Crippen LogP contribution in [0.25, 0.3) is 0 Å². The molecule has 1 aromatic heterocycles. The van der Waals surface area contributed by atoms with E-state index in [1.54, 1.807) is 11.8 Å². The van der Waals surface area contributed by atoms with Crippen LogP contribution in [0.15, 0.2) is 4.34 Å². The molecule has 98 valence electrons. The minimum Gasteiger partial charge on any atom is -0.302 e. The topological polar surface area (TPSA) is 61.6 Å². The maximum Gasteiger partial charge on any atom is 0.170 e. The summed E-state index contributed by atoms with van der Waals surface area (Å²) in [5.74, 6) is 2.34. The van der Waals surface area contributed by atoms with Gasteiger partial charge in [0.05, 0.1) is 6.07 Å². The van der Waals surface area contributed by atoms with Gasteiger partial charge in [-0.15, -0.1) is 0 Å². The Morgan fingerprint density at radius 3 is 3.11 bits per heavy atom. The zero-order valence-electron chi connectivity index (χ0n) is 10.8. The SMILES string of the molecule is CNC1(C#N)CCCC1CCSc1nc(C)ns1. The molecule has 2 atom stereocenters. The van der Waals surface area contributed by atoms with Gasteiger partial charge >= 0.3 is 0 Å². The first-order valence-corrected chi connectivity index (χ1v) is 7.99. The molecular weight excluding hydrogens is 264 g/mol. The molecule has 4 nitrogen and oxygen atoms in total. The van der Waals surface area contributed by atoms with Crippen molar-refractivity contribution >= 4 is 23.3 Å². The van der Waals surface area contributed by atoms with Crippen molar-refractivity contribution in [2.75, 3.05) is 12.8 Å². The van der Waals surface area contributed by atoms with Crippen molar-refractivity contribution in [2.45, 2.75) is 42.5 Å². The van der Waals surface area contributed by atoms with Gasteiger partial charge in [-0.25, -0.2) is 4.98 Å². The highest BCUT2D eigenvalue weighted by Gasteiger charge is 2.41. The maximum atomic E-state index is 9.37. The predicted molar refractivity (Wildman–Crippen MR) is 74.7 cm³/mol. The molecule has 0 saturated heterocycles. The average molecular weight is 282 g/mol. The van der Waals surface area contributed by atoms with Gasteiger partial charge in [0.15, 0.2) is 4.34 Å². The molecule has 0 aliphatic heterocycles. The van der Waals surface area contributed by atoms with Gasteiger partial charge in [0, 0.05) is 5.75 Å². The second kappa shape index (κ2) is 6.00. The first-order chi connectivity index (χ1) is 8.70. The Hall–Kier alpha value is -0.640. The molecule has 1 aliphatic carbocycles. The molecule has 1 N–H and O–H groups in total. The van der Waals surface area contributed by atoms with Crippen molar-refractivity contribution in [3.05, 3.63) is 5.82 Å². The van der Waals surface area contributed by atoms with Gasteiger partial charge in [0.25, 0.3) is 0 Å². The summed E-state index contributed by atoms with van der Waals surface area (Å²) >= 11 is 3.22. The highest BCUT2D eigenvalue weighted by atomic mass is 32.2. The van der Waals surface area contributed by atoms with Crippen molar-refractivity contribution in [1.82, 2.24) is 14.7 Å². The Morgan fingerprint density at radius 1 is 1.67 bits per heavy atom. The van der Waals surface area contributed by atoms with Crippen LogP contribution in [0.2, 0.25) is 0 Å². The molecule has 0 radical (unpaired) electrons. The fourth-order valence-corrected chi connectivity index (χ4v) is 4.40. The summed E-state index contributed by atoms with van der Waals surface area (Å²) in [6.07, 6.45) is 4.36. The monoisotopic (exact) mass is 282 g/mol. The van der Waals surface area contributed by atoms with E-state index in [1.165, 1.54) is 11.5 Å². The summed E-state index contributed by atoms with van der Waals surface area (Å²) in [4.78, 5) is 4.34. The van der Waals surface area contributed by atoms with Crippen LogP contribution < -0.4 is 5.32 Å². The van der Waals surface area contributed by atoms with Crippen molar-refractivity contribution < 1.29 is 0 Å². The molecule has 1 fully saturated rings. The van der Waals surface area contributed by atoms with E-state index in [0.29, 0.717) is 5.92 Å². The molecule has 1 saturated carbocycles. The van der Waals surface area contributed by atoms with Crippen LogP contribution in [0.3, 0.4) is 0 Å². The molecule has 6 heteroatoms. The van der Waals surface area contributed by atoms with Gasteiger partial charge in [-0.2, -0.15) is 9.64 Å². The zero-order chi connectivity index (χ0) is 13.0. The lowest BCUT2D eigenvalue weighted by molar-refractivity contribution is 0.332. The zero-order valence-corrected chi connectivity index (χ0v) is 12.4. The maximum absolute atomic E-state index is 9.37. The minimum absolute atomic E-state index is 0.294. The Morgan fingerprint density at radius 2 is 2.50 bits per heavy atom. The van der Waals surface area contributed by atoms with E-state index in [1.807, 2.05) is 14.0 Å². The summed E-state index contributed by atoms with van der Waals surface area (Å²) in [5.41, 5.74) is -0.294. The van der Waals surface area contributed by atoms with E-state index in [4.69, 9.17) is 0 Å². The summed E-state index contributed by atoms with van der Waals surface area (Å²) < 4.78 is 5.21. The van der Waals surface area contributed by atoms with Crippen LogP contribution in [0, 0.1) is 24.2 Å². The number of nitrogens with one attached hydrogen (secondary N) is 1. The molecule has 2 unspecified atom stereocenters. The second-order valence-corrected chi connectivity index (χ2v) is 6.76. The minimum atomic E-state index is -0.294. The van der Waals surface area contributed by atoms with E-state index in [-0.39, 0.29) is 5.54 Å². The number of nitrogens with zero attached hydrogens (tertiary/aromatic N) is 3. The largest absolute Gasteiger partial charge is 0.302 e. The van der Waals surface area contributed by atoms with Gasteiger partial charge in [-0.3, -0.25) is 0 Å². The van der Waals surface area contributed by atoms with Crippen LogP contribution in [0.1, 0.15) is 31.5 Å². The van der Waals surface area contributed by atoms with E-state index in [0.717, 1.165) is 41.6 Å². The normalized spacial score (nSPS) is 27.3. The van der Waals surface area contributed by atoms with Crippen LogP contribution in [-0.4, -0.2) is 27.7 Å². The lowest BCUT2D eigenvalue weighted by Crippen LogP contribution is -2.44. The molecule has 0 spiro atoms. The molecule has 0 aromatic carbocycles. The third-order valence-electron chi connectivity index (χ3n) is 3.67. The fourth-order valence-electron chi connectivity index (χ4n) is 2.63. The first-order valence-electron chi connectivity index (χ1n) is 6.23. The number of hydrogen-bond donors (Lipinski definition) is 1. The van der Waals surface area contributed by atoms with Crippen LogP contribution in [0.5, 0.6) is 0 Å². The molecule has 18 heavy (non-hydrogen) atoms. The Kier molecular flexibility index (Phi) is 4.60. The van der Waals surface area contributed by atoms with E-state index >= 15 is 0 Å². The average Bonchev–Trinajstić information content (AvgIpc) is 2.97. The van der Waals surface area contributed by atoms with Crippen LogP contribution in [-0.2, 0) is 0 Å². The molecule has 1 aromatic rings. The van der Waals surface area contributed by atoms with Crippen LogP contribution in [0.4, 0.5) is 0 Å². The number of hydrogen-bond acceptors (Lipinski definition) is 6. The molecule has 1 heterocycles. The first kappa shape index (κ1) is 13.8. The van der Waals surface area contributed by atoms with E-state index < -0.39 is 0 Å². The van der Waals surface area contributed by atoms with Gasteiger partial charge < -0.3 is 5.32 Å². The van der Waals surface area contributed by atoms with Gasteiger partial charge in [0.2, 0.25) is 0 Å². The third-order valence-corrected chi connectivity index (χ3v) is 5.63. The number of nitriles is 1. The van der Waals surface area contributed by atoms with Crippen molar-refractivity contribution in [2.24, 2.45) is 5.92 Å². The standard InChI is InChI=1S/C12H18N4S2/c1-9-15-11(18-16-9)17-7-5-10-4-3-6-12(10,8-13)14-2/h10,14H,3-7H2,1-2H3. The Bertz CT molecular complexity index is 440. The fraction of sp³-hybridized carbons (Fsp3) is 0.750. The second-order valence-electron chi connectivity index (χ2n) is 4.67. The Balaban J connectivity index is 1.85. The predicted octanol–water partition coefficient (Wildman–Crippen LogP) is 2.61. The summed E-state index contributed by atoms with van der Waals surface area (Å²) in [7, 11) is 1.91. The lowest BCUT2D eigenvalue weighted by Gasteiger charge is -2.27. The molecule has 1 aliphatic rings. The molecule has 0 amide bonds. The molecule has 2 rings (SSSR count). The quantitative estimate of drug-likeness (QED) is 0.841. The van der Waals surface area contributed by atoms with Gasteiger partial charge in [-0.1, -0.05) is 18.2 Å². The van der Waals surface area contributed by atoms with Gasteiger partial charge in [0.1, 0.15) is 11.4 Å². The van der Waals surface area contributed by atoms with E-state index in [2.05, 4.69) is 20.7 Å². The van der Waals surface area contributed by atoms with Crippen LogP contribution >= 0.6 is 23.3 Å². The number of aromatic nitrogens is 2. The molecule has 0 bridgehead atoms. The highest BCUT2D eigenvalue weighted by Crippen LogP contribution is 2.38. The lowest BCUT2D eigenvalue weighted by atomic mass is 9.87. The molecular formula is C12H18N4S2. The Labute approximate surface area is 116 Å². The van der Waals surface area contributed by atoms with Crippen molar-refractivity contribution in [3.8, 4) is 6.07 Å². The number of thioether (sulfide) groups is 1.